The highest BCUT2D eigenvalue weighted by Crippen LogP contribution is 2.40. The molecule has 2 unspecified atom stereocenters. The predicted octanol–water partition coefficient (Wildman–Crippen LogP) is 1.99. The fourth-order valence-corrected chi connectivity index (χ4v) is 2.37. The standard InChI is InChI=1S/C14H20N2O5/c1-9-4-5-15-8-14(9)21-11-7-13(20-3)12(19-2)6-10(11)16(17)18/h6-7,9,14-15H,4-5,8H2,1-3H3. The van der Waals surface area contributed by atoms with Gasteiger partial charge in [0.15, 0.2) is 11.5 Å². The Kier molecular flexibility index (Phi) is 4.85. The normalized spacial score (nSPS) is 21.7. The Morgan fingerprint density at radius 2 is 1.90 bits per heavy atom. The van der Waals surface area contributed by atoms with Gasteiger partial charge in [-0.25, -0.2) is 0 Å². The van der Waals surface area contributed by atoms with E-state index in [0.717, 1.165) is 13.0 Å². The van der Waals surface area contributed by atoms with Crippen LogP contribution in [0, 0.1) is 16.0 Å². The van der Waals surface area contributed by atoms with Gasteiger partial charge in [-0.1, -0.05) is 6.92 Å². The molecular formula is C14H20N2O5. The molecule has 1 aromatic rings. The van der Waals surface area contributed by atoms with Gasteiger partial charge in [0.25, 0.3) is 0 Å². The molecule has 0 saturated carbocycles. The molecule has 1 heterocycles. The number of nitro benzene ring substituents is 1. The van der Waals surface area contributed by atoms with E-state index < -0.39 is 4.92 Å². The molecular weight excluding hydrogens is 276 g/mol. The summed E-state index contributed by atoms with van der Waals surface area (Å²) in [6.45, 7) is 3.69. The van der Waals surface area contributed by atoms with Crippen LogP contribution in [-0.4, -0.2) is 38.3 Å². The monoisotopic (exact) mass is 296 g/mol. The first kappa shape index (κ1) is 15.4. The maximum absolute atomic E-state index is 11.2. The van der Waals surface area contributed by atoms with Crippen molar-refractivity contribution in [1.29, 1.82) is 0 Å². The van der Waals surface area contributed by atoms with Crippen LogP contribution in [0.25, 0.3) is 0 Å². The van der Waals surface area contributed by atoms with E-state index in [1.54, 1.807) is 0 Å². The number of piperidine rings is 1. The minimum Gasteiger partial charge on any atom is -0.493 e. The number of hydrogen-bond donors (Lipinski definition) is 1. The summed E-state index contributed by atoms with van der Waals surface area (Å²) in [4.78, 5) is 10.8. The first-order valence-electron chi connectivity index (χ1n) is 6.84. The van der Waals surface area contributed by atoms with Crippen molar-refractivity contribution in [2.24, 2.45) is 5.92 Å². The summed E-state index contributed by atoms with van der Waals surface area (Å²) < 4.78 is 16.1. The maximum atomic E-state index is 11.2. The van der Waals surface area contributed by atoms with Crippen molar-refractivity contribution < 1.29 is 19.1 Å². The lowest BCUT2D eigenvalue weighted by Crippen LogP contribution is -2.42. The number of nitrogens with one attached hydrogen (secondary N) is 1. The molecule has 0 aromatic heterocycles. The molecule has 1 aliphatic rings. The van der Waals surface area contributed by atoms with E-state index in [0.29, 0.717) is 24.0 Å². The molecule has 2 atom stereocenters. The molecule has 1 aromatic carbocycles. The van der Waals surface area contributed by atoms with Crippen LogP contribution in [0.4, 0.5) is 5.69 Å². The summed E-state index contributed by atoms with van der Waals surface area (Å²) in [6, 6.07) is 2.84. The molecule has 0 spiro atoms. The van der Waals surface area contributed by atoms with E-state index >= 15 is 0 Å². The number of hydrogen-bond acceptors (Lipinski definition) is 6. The van der Waals surface area contributed by atoms with Gasteiger partial charge in [-0.15, -0.1) is 0 Å². The largest absolute Gasteiger partial charge is 0.493 e. The van der Waals surface area contributed by atoms with Gasteiger partial charge in [0, 0.05) is 12.6 Å². The molecule has 1 aliphatic heterocycles. The van der Waals surface area contributed by atoms with E-state index in [2.05, 4.69) is 12.2 Å². The Morgan fingerprint density at radius 3 is 2.48 bits per heavy atom. The summed E-state index contributed by atoms with van der Waals surface area (Å²) >= 11 is 0. The van der Waals surface area contributed by atoms with Crippen molar-refractivity contribution in [3.63, 3.8) is 0 Å². The SMILES string of the molecule is COc1cc(OC2CNCCC2C)c([N+](=O)[O-])cc1OC. The summed E-state index contributed by atoms with van der Waals surface area (Å²) in [5, 5.41) is 14.5. The first-order chi connectivity index (χ1) is 10.1. The minimum atomic E-state index is -0.474. The number of benzene rings is 1. The first-order valence-corrected chi connectivity index (χ1v) is 6.84. The van der Waals surface area contributed by atoms with Crippen molar-refractivity contribution in [2.45, 2.75) is 19.4 Å². The van der Waals surface area contributed by atoms with Gasteiger partial charge in [0.1, 0.15) is 6.10 Å². The molecule has 1 fully saturated rings. The highest BCUT2D eigenvalue weighted by molar-refractivity contribution is 5.58. The predicted molar refractivity (Wildman–Crippen MR) is 77.3 cm³/mol. The molecule has 7 nitrogen and oxygen atoms in total. The number of methoxy groups -OCH3 is 2. The van der Waals surface area contributed by atoms with Gasteiger partial charge in [0.05, 0.1) is 25.2 Å². The van der Waals surface area contributed by atoms with Crippen LogP contribution in [0.2, 0.25) is 0 Å². The summed E-state index contributed by atoms with van der Waals surface area (Å²) in [5.74, 6) is 1.26. The van der Waals surface area contributed by atoms with Crippen LogP contribution < -0.4 is 19.5 Å². The van der Waals surface area contributed by atoms with Crippen molar-refractivity contribution >= 4 is 5.69 Å². The van der Waals surface area contributed by atoms with E-state index in [1.807, 2.05) is 0 Å². The molecule has 0 radical (unpaired) electrons. The molecule has 1 saturated heterocycles. The second kappa shape index (κ2) is 6.62. The molecule has 0 aliphatic carbocycles. The smallest absolute Gasteiger partial charge is 0.314 e. The molecule has 0 amide bonds. The average Bonchev–Trinajstić information content (AvgIpc) is 2.48. The summed E-state index contributed by atoms with van der Waals surface area (Å²) in [5.41, 5.74) is -0.120. The Bertz CT molecular complexity index is 520. The highest BCUT2D eigenvalue weighted by Gasteiger charge is 2.27. The van der Waals surface area contributed by atoms with Gasteiger partial charge >= 0.3 is 5.69 Å². The lowest BCUT2D eigenvalue weighted by molar-refractivity contribution is -0.386. The Hall–Kier alpha value is -2.02. The molecule has 116 valence electrons. The molecule has 0 bridgehead atoms. The zero-order chi connectivity index (χ0) is 15.4. The van der Waals surface area contributed by atoms with Crippen molar-refractivity contribution in [3.05, 3.63) is 22.2 Å². The van der Waals surface area contributed by atoms with Crippen LogP contribution in [-0.2, 0) is 0 Å². The van der Waals surface area contributed by atoms with Crippen molar-refractivity contribution in [2.75, 3.05) is 27.3 Å². The fourth-order valence-electron chi connectivity index (χ4n) is 2.37. The molecule has 2 rings (SSSR count). The van der Waals surface area contributed by atoms with E-state index in [9.17, 15) is 10.1 Å². The second-order valence-corrected chi connectivity index (χ2v) is 5.06. The third-order valence-corrected chi connectivity index (χ3v) is 3.70. The molecule has 7 heteroatoms. The number of nitro groups is 1. The van der Waals surface area contributed by atoms with Gasteiger partial charge in [0.2, 0.25) is 5.75 Å². The lowest BCUT2D eigenvalue weighted by atomic mass is 9.97. The zero-order valence-corrected chi connectivity index (χ0v) is 12.4. The number of rotatable bonds is 5. The third kappa shape index (κ3) is 3.36. The van der Waals surface area contributed by atoms with Crippen molar-refractivity contribution in [3.8, 4) is 17.2 Å². The quantitative estimate of drug-likeness (QED) is 0.661. The Labute approximate surface area is 123 Å². The third-order valence-electron chi connectivity index (χ3n) is 3.70. The topological polar surface area (TPSA) is 82.9 Å². The van der Waals surface area contributed by atoms with Crippen LogP contribution in [0.1, 0.15) is 13.3 Å². The highest BCUT2D eigenvalue weighted by atomic mass is 16.6. The minimum absolute atomic E-state index is 0.101. The molecule has 1 N–H and O–H groups in total. The average molecular weight is 296 g/mol. The second-order valence-electron chi connectivity index (χ2n) is 5.06. The van der Waals surface area contributed by atoms with Crippen molar-refractivity contribution in [1.82, 2.24) is 5.32 Å². The van der Waals surface area contributed by atoms with Gasteiger partial charge in [-0.05, 0) is 18.9 Å². The Morgan fingerprint density at radius 1 is 1.24 bits per heavy atom. The van der Waals surface area contributed by atoms with E-state index in [4.69, 9.17) is 14.2 Å². The van der Waals surface area contributed by atoms with Gasteiger partial charge in [-0.3, -0.25) is 10.1 Å². The summed E-state index contributed by atoms with van der Waals surface area (Å²) in [6.07, 6.45) is 0.877. The Balaban J connectivity index is 2.33. The van der Waals surface area contributed by atoms with Crippen LogP contribution in [0.15, 0.2) is 12.1 Å². The lowest BCUT2D eigenvalue weighted by Gasteiger charge is -2.30. The maximum Gasteiger partial charge on any atom is 0.314 e. The van der Waals surface area contributed by atoms with E-state index in [-0.39, 0.29) is 17.5 Å². The number of ether oxygens (including phenoxy) is 3. The number of nitrogens with zero attached hydrogens (tertiary/aromatic N) is 1. The zero-order valence-electron chi connectivity index (χ0n) is 12.4. The van der Waals surface area contributed by atoms with Crippen LogP contribution in [0.5, 0.6) is 17.2 Å². The molecule has 21 heavy (non-hydrogen) atoms. The fraction of sp³-hybridized carbons (Fsp3) is 0.571. The summed E-state index contributed by atoms with van der Waals surface area (Å²) in [7, 11) is 2.92. The van der Waals surface area contributed by atoms with E-state index in [1.165, 1.54) is 26.4 Å². The van der Waals surface area contributed by atoms with Crippen LogP contribution in [0.3, 0.4) is 0 Å². The van der Waals surface area contributed by atoms with Crippen LogP contribution >= 0.6 is 0 Å². The van der Waals surface area contributed by atoms with Gasteiger partial charge < -0.3 is 19.5 Å². The van der Waals surface area contributed by atoms with Gasteiger partial charge in [-0.2, -0.15) is 0 Å².